The quantitative estimate of drug-likeness (QED) is 0.504. The van der Waals surface area contributed by atoms with Gasteiger partial charge in [0.25, 0.3) is 0 Å². The molecule has 0 amide bonds. The van der Waals surface area contributed by atoms with Gasteiger partial charge in [0.1, 0.15) is 0 Å². The standard InChI is InChI=1S/C8H11NO2S/c1-5-4-8(12(10)11)6(2)3-7(5)9/h3-4,12H,9H2,1-2H3. The maximum Gasteiger partial charge on any atom is 0.168 e. The summed E-state index contributed by atoms with van der Waals surface area (Å²) in [5.74, 6) is 0. The lowest BCUT2D eigenvalue weighted by molar-refractivity contribution is 0.614. The number of anilines is 1. The Bertz CT molecular complexity index is 375. The lowest BCUT2D eigenvalue weighted by atomic mass is 10.1. The molecule has 0 atom stereocenters. The third-order valence-electron chi connectivity index (χ3n) is 1.78. The van der Waals surface area contributed by atoms with Crippen molar-refractivity contribution in [2.75, 3.05) is 5.73 Å². The Hall–Kier alpha value is -1.03. The minimum Gasteiger partial charge on any atom is -0.399 e. The first-order valence-corrected chi connectivity index (χ1v) is 4.71. The van der Waals surface area contributed by atoms with Crippen LogP contribution < -0.4 is 5.73 Å². The van der Waals surface area contributed by atoms with Crippen LogP contribution in [-0.2, 0) is 10.7 Å². The average Bonchev–Trinajstić information content (AvgIpc) is 1.96. The minimum atomic E-state index is -2.50. The van der Waals surface area contributed by atoms with Gasteiger partial charge in [-0.2, -0.15) is 0 Å². The monoisotopic (exact) mass is 185 g/mol. The molecule has 66 valence electrons. The summed E-state index contributed by atoms with van der Waals surface area (Å²) >= 11 is 0. The van der Waals surface area contributed by atoms with Crippen molar-refractivity contribution in [2.45, 2.75) is 18.7 Å². The van der Waals surface area contributed by atoms with Crippen LogP contribution in [0.4, 0.5) is 5.69 Å². The van der Waals surface area contributed by atoms with Crippen molar-refractivity contribution < 1.29 is 8.42 Å². The molecule has 0 radical (unpaired) electrons. The zero-order chi connectivity index (χ0) is 9.30. The van der Waals surface area contributed by atoms with Crippen LogP contribution in [0.1, 0.15) is 11.1 Å². The van der Waals surface area contributed by atoms with Crippen LogP contribution in [0.3, 0.4) is 0 Å². The van der Waals surface area contributed by atoms with E-state index in [4.69, 9.17) is 5.73 Å². The fourth-order valence-electron chi connectivity index (χ4n) is 1.02. The van der Waals surface area contributed by atoms with Gasteiger partial charge >= 0.3 is 0 Å². The fourth-order valence-corrected chi connectivity index (χ4v) is 1.67. The molecule has 1 aromatic rings. The third kappa shape index (κ3) is 1.58. The Morgan fingerprint density at radius 2 is 1.75 bits per heavy atom. The number of nitrogen functional groups attached to an aromatic ring is 1. The summed E-state index contributed by atoms with van der Waals surface area (Å²) in [4.78, 5) is 0.358. The van der Waals surface area contributed by atoms with Gasteiger partial charge in [-0.25, -0.2) is 8.42 Å². The highest BCUT2D eigenvalue weighted by Gasteiger charge is 2.03. The Morgan fingerprint density at radius 3 is 2.25 bits per heavy atom. The highest BCUT2D eigenvalue weighted by Crippen LogP contribution is 2.18. The number of hydrogen-bond acceptors (Lipinski definition) is 3. The molecule has 0 saturated carbocycles. The van der Waals surface area contributed by atoms with Crippen LogP contribution in [0.5, 0.6) is 0 Å². The maximum absolute atomic E-state index is 10.7. The van der Waals surface area contributed by atoms with Crippen molar-refractivity contribution in [3.63, 3.8) is 0 Å². The molecule has 0 heterocycles. The van der Waals surface area contributed by atoms with Crippen LogP contribution in [0.2, 0.25) is 0 Å². The lowest BCUT2D eigenvalue weighted by Crippen LogP contribution is -1.94. The minimum absolute atomic E-state index is 0.358. The molecule has 0 aliphatic heterocycles. The van der Waals surface area contributed by atoms with E-state index in [1.165, 1.54) is 0 Å². The van der Waals surface area contributed by atoms with E-state index in [-0.39, 0.29) is 0 Å². The van der Waals surface area contributed by atoms with Crippen LogP contribution in [0, 0.1) is 13.8 Å². The summed E-state index contributed by atoms with van der Waals surface area (Å²) in [6.45, 7) is 3.52. The Balaban J connectivity index is 3.43. The van der Waals surface area contributed by atoms with Gasteiger partial charge in [0, 0.05) is 5.69 Å². The van der Waals surface area contributed by atoms with Crippen molar-refractivity contribution in [1.82, 2.24) is 0 Å². The van der Waals surface area contributed by atoms with E-state index < -0.39 is 10.7 Å². The first kappa shape index (κ1) is 9.06. The molecular weight excluding hydrogens is 174 g/mol. The zero-order valence-electron chi connectivity index (χ0n) is 7.00. The summed E-state index contributed by atoms with van der Waals surface area (Å²) in [7, 11) is -2.50. The molecule has 1 rings (SSSR count). The average molecular weight is 185 g/mol. The summed E-state index contributed by atoms with van der Waals surface area (Å²) in [5.41, 5.74) is 7.73. The van der Waals surface area contributed by atoms with Crippen molar-refractivity contribution in [2.24, 2.45) is 0 Å². The number of nitrogens with two attached hydrogens (primary N) is 1. The van der Waals surface area contributed by atoms with Gasteiger partial charge < -0.3 is 5.73 Å². The molecule has 3 nitrogen and oxygen atoms in total. The van der Waals surface area contributed by atoms with Gasteiger partial charge in [-0.05, 0) is 37.1 Å². The van der Waals surface area contributed by atoms with Crippen LogP contribution in [-0.4, -0.2) is 8.42 Å². The van der Waals surface area contributed by atoms with E-state index in [0.29, 0.717) is 16.1 Å². The second kappa shape index (κ2) is 3.15. The molecule has 0 aliphatic carbocycles. The second-order valence-corrected chi connectivity index (χ2v) is 3.75. The molecule has 0 unspecified atom stereocenters. The van der Waals surface area contributed by atoms with E-state index >= 15 is 0 Å². The van der Waals surface area contributed by atoms with Crippen molar-refractivity contribution in [1.29, 1.82) is 0 Å². The molecule has 0 fully saturated rings. The zero-order valence-corrected chi connectivity index (χ0v) is 7.89. The highest BCUT2D eigenvalue weighted by atomic mass is 32.2. The number of aryl methyl sites for hydroxylation is 2. The van der Waals surface area contributed by atoms with Crippen molar-refractivity contribution >= 4 is 16.4 Å². The molecule has 0 spiro atoms. The second-order valence-electron chi connectivity index (χ2n) is 2.75. The fraction of sp³-hybridized carbons (Fsp3) is 0.250. The Kier molecular flexibility index (Phi) is 2.38. The molecule has 2 N–H and O–H groups in total. The first-order chi connectivity index (χ1) is 5.52. The van der Waals surface area contributed by atoms with Crippen LogP contribution in [0.15, 0.2) is 17.0 Å². The summed E-state index contributed by atoms with van der Waals surface area (Å²) in [5, 5.41) is 0. The first-order valence-electron chi connectivity index (χ1n) is 3.53. The summed E-state index contributed by atoms with van der Waals surface area (Å²) in [6, 6.07) is 3.27. The summed E-state index contributed by atoms with van der Waals surface area (Å²) in [6.07, 6.45) is 0. The molecule has 1 aromatic carbocycles. The van der Waals surface area contributed by atoms with E-state index in [0.717, 1.165) is 5.56 Å². The van der Waals surface area contributed by atoms with Gasteiger partial charge in [-0.3, -0.25) is 0 Å². The molecule has 4 heteroatoms. The van der Waals surface area contributed by atoms with Gasteiger partial charge in [-0.1, -0.05) is 0 Å². The Morgan fingerprint density at radius 1 is 1.17 bits per heavy atom. The van der Waals surface area contributed by atoms with Gasteiger partial charge in [0.2, 0.25) is 0 Å². The molecule has 0 saturated heterocycles. The predicted octanol–water partition coefficient (Wildman–Crippen LogP) is 0.856. The largest absolute Gasteiger partial charge is 0.399 e. The molecule has 0 aliphatic rings. The number of thiol groups is 1. The van der Waals surface area contributed by atoms with Gasteiger partial charge in [-0.15, -0.1) is 0 Å². The van der Waals surface area contributed by atoms with Crippen LogP contribution >= 0.6 is 0 Å². The number of rotatable bonds is 1. The Labute approximate surface area is 73.2 Å². The molecular formula is C8H11NO2S. The molecule has 12 heavy (non-hydrogen) atoms. The van der Waals surface area contributed by atoms with Crippen molar-refractivity contribution in [3.8, 4) is 0 Å². The predicted molar refractivity (Wildman–Crippen MR) is 48.9 cm³/mol. The normalized spacial score (nSPS) is 10.6. The van der Waals surface area contributed by atoms with Gasteiger partial charge in [0.05, 0.1) is 4.90 Å². The third-order valence-corrected chi connectivity index (χ3v) is 2.66. The SMILES string of the molecule is Cc1cc([SH](=O)=O)c(C)cc1N. The van der Waals surface area contributed by atoms with Crippen molar-refractivity contribution in [3.05, 3.63) is 23.3 Å². The van der Waals surface area contributed by atoms with E-state index in [9.17, 15) is 8.42 Å². The topological polar surface area (TPSA) is 60.2 Å². The van der Waals surface area contributed by atoms with E-state index in [2.05, 4.69) is 0 Å². The maximum atomic E-state index is 10.7. The number of benzene rings is 1. The van der Waals surface area contributed by atoms with E-state index in [1.54, 1.807) is 26.0 Å². The molecule has 0 bridgehead atoms. The number of hydrogen-bond donors (Lipinski definition) is 2. The molecule has 0 aromatic heterocycles. The summed E-state index contributed by atoms with van der Waals surface area (Å²) < 4.78 is 21.4. The van der Waals surface area contributed by atoms with Gasteiger partial charge in [0.15, 0.2) is 10.7 Å². The van der Waals surface area contributed by atoms with E-state index in [1.807, 2.05) is 0 Å². The smallest absolute Gasteiger partial charge is 0.168 e. The lowest BCUT2D eigenvalue weighted by Gasteiger charge is -2.03. The van der Waals surface area contributed by atoms with Crippen LogP contribution in [0.25, 0.3) is 0 Å². The highest BCUT2D eigenvalue weighted by molar-refractivity contribution is 7.72.